The molecule has 0 atom stereocenters. The van der Waals surface area contributed by atoms with E-state index in [9.17, 15) is 10.1 Å². The number of rotatable bonds is 5. The molecule has 0 radical (unpaired) electrons. The van der Waals surface area contributed by atoms with Crippen LogP contribution < -0.4 is 4.74 Å². The van der Waals surface area contributed by atoms with Gasteiger partial charge >= 0.3 is 0 Å². The van der Waals surface area contributed by atoms with Crippen molar-refractivity contribution in [2.75, 3.05) is 14.1 Å². The average Bonchev–Trinajstić information content (AvgIpc) is 2.70. The summed E-state index contributed by atoms with van der Waals surface area (Å²) in [5, 5.41) is 11.6. The molecule has 28 heavy (non-hydrogen) atoms. The van der Waals surface area contributed by atoms with Gasteiger partial charge in [-0.1, -0.05) is 42.5 Å². The van der Waals surface area contributed by atoms with E-state index in [0.29, 0.717) is 12.4 Å². The molecule has 0 bridgehead atoms. The third-order valence-electron chi connectivity index (χ3n) is 4.23. The summed E-state index contributed by atoms with van der Waals surface area (Å²) in [7, 11) is 3.24. The van der Waals surface area contributed by atoms with Gasteiger partial charge in [0, 0.05) is 14.1 Å². The molecule has 0 N–H and O–H groups in total. The Balaban J connectivity index is 1.75. The second kappa shape index (κ2) is 8.73. The average molecular weight is 435 g/mol. The second-order valence-corrected chi connectivity index (χ2v) is 7.38. The molecule has 5 heteroatoms. The number of fused-ring (bicyclic) bond motifs is 1. The summed E-state index contributed by atoms with van der Waals surface area (Å²) >= 11 is 3.51. The third kappa shape index (κ3) is 4.59. The molecule has 0 aliphatic carbocycles. The molecular weight excluding hydrogens is 416 g/mol. The number of nitrogens with zero attached hydrogens (tertiary/aromatic N) is 2. The molecule has 0 saturated heterocycles. The van der Waals surface area contributed by atoms with Gasteiger partial charge in [-0.25, -0.2) is 0 Å². The minimum atomic E-state index is -0.324. The molecule has 0 heterocycles. The van der Waals surface area contributed by atoms with Crippen LogP contribution in [0.15, 0.2) is 70.7 Å². The van der Waals surface area contributed by atoms with Crippen molar-refractivity contribution in [2.24, 2.45) is 0 Å². The Morgan fingerprint density at radius 3 is 2.54 bits per heavy atom. The Morgan fingerprint density at radius 1 is 1.11 bits per heavy atom. The first-order valence-electron chi connectivity index (χ1n) is 8.71. The lowest BCUT2D eigenvalue weighted by atomic mass is 10.1. The zero-order valence-electron chi connectivity index (χ0n) is 15.6. The van der Waals surface area contributed by atoms with Crippen molar-refractivity contribution >= 4 is 38.7 Å². The fourth-order valence-corrected chi connectivity index (χ4v) is 3.27. The molecule has 0 aliphatic rings. The number of carbonyl (C=O) groups is 1. The van der Waals surface area contributed by atoms with Crippen LogP contribution in [0.3, 0.4) is 0 Å². The first-order chi connectivity index (χ1) is 13.5. The van der Waals surface area contributed by atoms with Crippen molar-refractivity contribution in [2.45, 2.75) is 6.61 Å². The summed E-state index contributed by atoms with van der Waals surface area (Å²) in [6, 6.07) is 21.9. The van der Waals surface area contributed by atoms with Crippen LogP contribution in [0.25, 0.3) is 16.8 Å². The van der Waals surface area contributed by atoms with Crippen LogP contribution in [0.1, 0.15) is 11.1 Å². The van der Waals surface area contributed by atoms with Crippen LogP contribution in [0.2, 0.25) is 0 Å². The highest BCUT2D eigenvalue weighted by atomic mass is 79.9. The fraction of sp³-hybridized carbons (Fsp3) is 0.130. The molecular formula is C23H19BrN2O2. The van der Waals surface area contributed by atoms with Crippen LogP contribution in [-0.2, 0) is 11.4 Å². The topological polar surface area (TPSA) is 53.3 Å². The minimum Gasteiger partial charge on any atom is -0.488 e. The second-order valence-electron chi connectivity index (χ2n) is 6.53. The minimum absolute atomic E-state index is 0.0849. The SMILES string of the molecule is CN(C)C(=O)/C(C#N)=C\c1ccc(OCc2ccc3ccccc3c2)c(Br)c1. The lowest BCUT2D eigenvalue weighted by Crippen LogP contribution is -2.22. The first kappa shape index (κ1) is 19.7. The molecule has 0 saturated carbocycles. The number of ether oxygens (including phenoxy) is 1. The Kier molecular flexibility index (Phi) is 6.13. The van der Waals surface area contributed by atoms with Crippen molar-refractivity contribution in [1.29, 1.82) is 5.26 Å². The first-order valence-corrected chi connectivity index (χ1v) is 9.50. The summed E-state index contributed by atoms with van der Waals surface area (Å²) in [6.45, 7) is 0.446. The number of carbonyl (C=O) groups excluding carboxylic acids is 1. The van der Waals surface area contributed by atoms with Crippen LogP contribution in [-0.4, -0.2) is 24.9 Å². The van der Waals surface area contributed by atoms with Gasteiger partial charge in [0.1, 0.15) is 24.0 Å². The zero-order chi connectivity index (χ0) is 20.1. The van der Waals surface area contributed by atoms with Gasteiger partial charge in [0.05, 0.1) is 4.47 Å². The maximum absolute atomic E-state index is 12.0. The highest BCUT2D eigenvalue weighted by Crippen LogP contribution is 2.28. The number of hydrogen-bond acceptors (Lipinski definition) is 3. The van der Waals surface area contributed by atoms with Gasteiger partial charge in [-0.15, -0.1) is 0 Å². The maximum atomic E-state index is 12.0. The van der Waals surface area contributed by atoms with Gasteiger partial charge in [-0.05, 0) is 62.1 Å². The third-order valence-corrected chi connectivity index (χ3v) is 4.85. The Labute approximate surface area is 172 Å². The number of benzene rings is 3. The van der Waals surface area contributed by atoms with E-state index in [-0.39, 0.29) is 11.5 Å². The summed E-state index contributed by atoms with van der Waals surface area (Å²) in [5.41, 5.74) is 1.91. The largest absolute Gasteiger partial charge is 0.488 e. The van der Waals surface area contributed by atoms with E-state index in [4.69, 9.17) is 4.74 Å². The molecule has 0 aromatic heterocycles. The zero-order valence-corrected chi connectivity index (χ0v) is 17.2. The van der Waals surface area contributed by atoms with Gasteiger partial charge in [0.2, 0.25) is 0 Å². The van der Waals surface area contributed by atoms with E-state index in [1.165, 1.54) is 15.7 Å². The van der Waals surface area contributed by atoms with Gasteiger partial charge in [0.15, 0.2) is 0 Å². The summed E-state index contributed by atoms with van der Waals surface area (Å²) in [6.07, 6.45) is 1.57. The van der Waals surface area contributed by atoms with Crippen molar-refractivity contribution in [3.05, 3.63) is 81.8 Å². The van der Waals surface area contributed by atoms with E-state index in [2.05, 4.69) is 46.3 Å². The predicted molar refractivity (Wildman–Crippen MR) is 115 cm³/mol. The highest BCUT2D eigenvalue weighted by molar-refractivity contribution is 9.10. The van der Waals surface area contributed by atoms with E-state index in [0.717, 1.165) is 15.6 Å². The lowest BCUT2D eigenvalue weighted by Gasteiger charge is -2.11. The molecule has 3 aromatic rings. The number of hydrogen-bond donors (Lipinski definition) is 0. The van der Waals surface area contributed by atoms with Crippen LogP contribution in [0.5, 0.6) is 5.75 Å². The summed E-state index contributed by atoms with van der Waals surface area (Å²) < 4.78 is 6.70. The van der Waals surface area contributed by atoms with Gasteiger partial charge in [-0.3, -0.25) is 4.79 Å². The molecule has 140 valence electrons. The van der Waals surface area contributed by atoms with Gasteiger partial charge in [-0.2, -0.15) is 5.26 Å². The molecule has 3 aromatic carbocycles. The highest BCUT2D eigenvalue weighted by Gasteiger charge is 2.11. The van der Waals surface area contributed by atoms with Crippen molar-refractivity contribution < 1.29 is 9.53 Å². The van der Waals surface area contributed by atoms with E-state index in [1.807, 2.05) is 36.4 Å². The van der Waals surface area contributed by atoms with Crippen molar-refractivity contribution in [3.63, 3.8) is 0 Å². The normalized spacial score (nSPS) is 11.1. The quantitative estimate of drug-likeness (QED) is 0.410. The number of amides is 1. The molecule has 4 nitrogen and oxygen atoms in total. The van der Waals surface area contributed by atoms with Crippen LogP contribution >= 0.6 is 15.9 Å². The Hall–Kier alpha value is -3.10. The van der Waals surface area contributed by atoms with Crippen molar-refractivity contribution in [1.82, 2.24) is 4.90 Å². The molecule has 0 unspecified atom stereocenters. The maximum Gasteiger partial charge on any atom is 0.264 e. The summed E-state index contributed by atoms with van der Waals surface area (Å²) in [5.74, 6) is 0.373. The molecule has 0 spiro atoms. The molecule has 0 fully saturated rings. The lowest BCUT2D eigenvalue weighted by molar-refractivity contribution is -0.124. The number of halogens is 1. The number of likely N-dealkylation sites (N-methyl/N-ethyl adjacent to an activating group) is 1. The van der Waals surface area contributed by atoms with Crippen molar-refractivity contribution in [3.8, 4) is 11.8 Å². The summed E-state index contributed by atoms with van der Waals surface area (Å²) in [4.78, 5) is 13.4. The Bertz CT molecular complexity index is 1100. The standard InChI is InChI=1S/C23H19BrN2O2/c1-26(2)23(27)20(14-25)11-16-8-10-22(21(24)13-16)28-15-17-7-9-18-5-3-4-6-19(18)12-17/h3-13H,15H2,1-2H3/b20-11-. The monoisotopic (exact) mass is 434 g/mol. The van der Waals surface area contributed by atoms with Crippen LogP contribution in [0.4, 0.5) is 0 Å². The van der Waals surface area contributed by atoms with Crippen LogP contribution in [0, 0.1) is 11.3 Å². The molecule has 3 rings (SSSR count). The smallest absolute Gasteiger partial charge is 0.264 e. The molecule has 0 aliphatic heterocycles. The molecule has 1 amide bonds. The Morgan fingerprint density at radius 2 is 1.86 bits per heavy atom. The van der Waals surface area contributed by atoms with Gasteiger partial charge in [0.25, 0.3) is 5.91 Å². The predicted octanol–water partition coefficient (Wildman–Crippen LogP) is 5.18. The van der Waals surface area contributed by atoms with E-state index < -0.39 is 0 Å². The fourth-order valence-electron chi connectivity index (χ4n) is 2.76. The van der Waals surface area contributed by atoms with Gasteiger partial charge < -0.3 is 9.64 Å². The van der Waals surface area contributed by atoms with E-state index >= 15 is 0 Å². The number of nitriles is 1. The van der Waals surface area contributed by atoms with E-state index in [1.54, 1.807) is 20.2 Å².